The van der Waals surface area contributed by atoms with E-state index in [4.69, 9.17) is 5.73 Å². The van der Waals surface area contributed by atoms with Crippen molar-refractivity contribution in [3.8, 4) is 0 Å². The number of hydrogen-bond acceptors (Lipinski definition) is 4. The van der Waals surface area contributed by atoms with Crippen LogP contribution >= 0.6 is 0 Å². The van der Waals surface area contributed by atoms with Gasteiger partial charge in [-0.25, -0.2) is 0 Å². The Bertz CT molecular complexity index is 612. The highest BCUT2D eigenvalue weighted by molar-refractivity contribution is 6.06. The molecule has 1 amide bonds. The SMILES string of the molecule is CCCc1cc(NC(=O)c2c(N)c(CC)nn2C)n[nH]1. The van der Waals surface area contributed by atoms with Gasteiger partial charge in [0.1, 0.15) is 5.69 Å². The molecule has 0 aliphatic heterocycles. The summed E-state index contributed by atoms with van der Waals surface area (Å²) in [6.45, 7) is 4.03. The van der Waals surface area contributed by atoms with E-state index in [1.165, 1.54) is 4.68 Å². The molecule has 0 bridgehead atoms. The molecule has 4 N–H and O–H groups in total. The van der Waals surface area contributed by atoms with Gasteiger partial charge in [0, 0.05) is 18.8 Å². The lowest BCUT2D eigenvalue weighted by Gasteiger charge is -2.03. The summed E-state index contributed by atoms with van der Waals surface area (Å²) in [5.74, 6) is 0.198. The highest BCUT2D eigenvalue weighted by Gasteiger charge is 2.19. The summed E-state index contributed by atoms with van der Waals surface area (Å²) < 4.78 is 1.50. The minimum atomic E-state index is -0.299. The summed E-state index contributed by atoms with van der Waals surface area (Å²) in [6.07, 6.45) is 2.61. The Kier molecular flexibility index (Phi) is 4.07. The molecular weight excluding hydrogens is 256 g/mol. The van der Waals surface area contributed by atoms with E-state index in [-0.39, 0.29) is 5.91 Å². The van der Waals surface area contributed by atoms with Crippen LogP contribution in [0.5, 0.6) is 0 Å². The van der Waals surface area contributed by atoms with Gasteiger partial charge in [-0.3, -0.25) is 14.6 Å². The monoisotopic (exact) mass is 276 g/mol. The molecule has 108 valence electrons. The normalized spacial score (nSPS) is 10.8. The lowest BCUT2D eigenvalue weighted by Crippen LogP contribution is -2.17. The average Bonchev–Trinajstić information content (AvgIpc) is 2.94. The quantitative estimate of drug-likeness (QED) is 0.770. The molecule has 0 saturated carbocycles. The number of nitrogens with one attached hydrogen (secondary N) is 2. The molecule has 2 rings (SSSR count). The molecule has 0 aliphatic carbocycles. The maximum atomic E-state index is 12.2. The van der Waals surface area contributed by atoms with Crippen molar-refractivity contribution in [1.29, 1.82) is 0 Å². The molecule has 2 heterocycles. The molecule has 7 nitrogen and oxygen atoms in total. The number of nitrogens with two attached hydrogens (primary N) is 1. The molecule has 0 aliphatic rings. The smallest absolute Gasteiger partial charge is 0.277 e. The Morgan fingerprint density at radius 1 is 1.50 bits per heavy atom. The van der Waals surface area contributed by atoms with Crippen molar-refractivity contribution in [3.63, 3.8) is 0 Å². The highest BCUT2D eigenvalue weighted by atomic mass is 16.2. The van der Waals surface area contributed by atoms with Crippen LogP contribution in [0.15, 0.2) is 6.07 Å². The number of aromatic amines is 1. The molecule has 0 fully saturated rings. The van der Waals surface area contributed by atoms with E-state index in [0.29, 0.717) is 23.6 Å². The molecule has 0 saturated heterocycles. The number of H-pyrrole nitrogens is 1. The van der Waals surface area contributed by atoms with Crippen LogP contribution in [0.25, 0.3) is 0 Å². The van der Waals surface area contributed by atoms with Crippen molar-refractivity contribution in [2.45, 2.75) is 33.1 Å². The first-order chi connectivity index (χ1) is 9.56. The van der Waals surface area contributed by atoms with Gasteiger partial charge in [0.05, 0.1) is 11.4 Å². The van der Waals surface area contributed by atoms with Gasteiger partial charge in [0.15, 0.2) is 5.82 Å². The van der Waals surface area contributed by atoms with E-state index in [2.05, 4.69) is 27.5 Å². The molecule has 20 heavy (non-hydrogen) atoms. The van der Waals surface area contributed by atoms with Gasteiger partial charge in [0.2, 0.25) is 0 Å². The summed E-state index contributed by atoms with van der Waals surface area (Å²) in [5.41, 5.74) is 8.46. The fourth-order valence-corrected chi connectivity index (χ4v) is 2.12. The summed E-state index contributed by atoms with van der Waals surface area (Å²) in [7, 11) is 1.71. The first-order valence-electron chi connectivity index (χ1n) is 6.73. The highest BCUT2D eigenvalue weighted by Crippen LogP contribution is 2.18. The number of hydrogen-bond donors (Lipinski definition) is 3. The maximum absolute atomic E-state index is 12.2. The van der Waals surface area contributed by atoms with E-state index < -0.39 is 0 Å². The standard InChI is InChI=1S/C13H20N6O/c1-4-6-8-7-10(17-16-8)15-13(20)12-11(14)9(5-2)18-19(12)3/h7H,4-6,14H2,1-3H3,(H2,15,16,17,20). The van der Waals surface area contributed by atoms with E-state index in [0.717, 1.165) is 24.2 Å². The number of aryl methyl sites for hydroxylation is 3. The number of aromatic nitrogens is 4. The van der Waals surface area contributed by atoms with Gasteiger partial charge in [0.25, 0.3) is 5.91 Å². The van der Waals surface area contributed by atoms with Gasteiger partial charge >= 0.3 is 0 Å². The summed E-state index contributed by atoms with van der Waals surface area (Å²) >= 11 is 0. The van der Waals surface area contributed by atoms with E-state index in [9.17, 15) is 4.79 Å². The van der Waals surface area contributed by atoms with Crippen LogP contribution in [-0.2, 0) is 19.9 Å². The Morgan fingerprint density at radius 3 is 2.85 bits per heavy atom. The zero-order valence-electron chi connectivity index (χ0n) is 12.0. The lowest BCUT2D eigenvalue weighted by molar-refractivity contribution is 0.101. The van der Waals surface area contributed by atoms with Crippen molar-refractivity contribution in [2.75, 3.05) is 11.1 Å². The fourth-order valence-electron chi connectivity index (χ4n) is 2.12. The summed E-state index contributed by atoms with van der Waals surface area (Å²) in [4.78, 5) is 12.2. The molecule has 0 aromatic carbocycles. The van der Waals surface area contributed by atoms with Gasteiger partial charge < -0.3 is 11.1 Å². The van der Waals surface area contributed by atoms with Crippen molar-refractivity contribution < 1.29 is 4.79 Å². The maximum Gasteiger partial charge on any atom is 0.277 e. The van der Waals surface area contributed by atoms with Crippen LogP contribution in [0.3, 0.4) is 0 Å². The minimum Gasteiger partial charge on any atom is -0.395 e. The van der Waals surface area contributed by atoms with Gasteiger partial charge in [-0.2, -0.15) is 10.2 Å². The van der Waals surface area contributed by atoms with Crippen LogP contribution < -0.4 is 11.1 Å². The number of rotatable bonds is 5. The number of nitrogens with zero attached hydrogens (tertiary/aromatic N) is 3. The molecule has 2 aromatic heterocycles. The molecule has 0 spiro atoms. The first kappa shape index (κ1) is 14.1. The second kappa shape index (κ2) is 5.77. The van der Waals surface area contributed by atoms with Gasteiger partial charge in [-0.15, -0.1) is 0 Å². The largest absolute Gasteiger partial charge is 0.395 e. The Labute approximate surface area is 117 Å². The Hall–Kier alpha value is -2.31. The minimum absolute atomic E-state index is 0.299. The topological polar surface area (TPSA) is 102 Å². The van der Waals surface area contributed by atoms with Gasteiger partial charge in [-0.1, -0.05) is 20.3 Å². The first-order valence-corrected chi connectivity index (χ1v) is 6.73. The van der Waals surface area contributed by atoms with Crippen molar-refractivity contribution >= 4 is 17.4 Å². The van der Waals surface area contributed by atoms with E-state index in [1.807, 2.05) is 13.0 Å². The average molecular weight is 276 g/mol. The molecule has 0 unspecified atom stereocenters. The number of carbonyl (C=O) groups excluding carboxylic acids is 1. The van der Waals surface area contributed by atoms with Crippen LogP contribution in [0.1, 0.15) is 42.1 Å². The Balaban J connectivity index is 2.17. The van der Waals surface area contributed by atoms with Crippen LogP contribution in [0.4, 0.5) is 11.5 Å². The van der Waals surface area contributed by atoms with Crippen LogP contribution in [-0.4, -0.2) is 25.9 Å². The predicted molar refractivity (Wildman–Crippen MR) is 77.5 cm³/mol. The zero-order chi connectivity index (χ0) is 14.7. The summed E-state index contributed by atoms with van der Waals surface area (Å²) in [5, 5.41) is 13.9. The number of carbonyl (C=O) groups is 1. The predicted octanol–water partition coefficient (Wildman–Crippen LogP) is 1.49. The third kappa shape index (κ3) is 2.66. The van der Waals surface area contributed by atoms with Gasteiger partial charge in [-0.05, 0) is 12.8 Å². The second-order valence-electron chi connectivity index (χ2n) is 4.67. The third-order valence-corrected chi connectivity index (χ3v) is 3.10. The van der Waals surface area contributed by atoms with Crippen molar-refractivity contribution in [3.05, 3.63) is 23.1 Å². The molecular formula is C13H20N6O. The number of amides is 1. The van der Waals surface area contributed by atoms with E-state index >= 15 is 0 Å². The van der Waals surface area contributed by atoms with Crippen molar-refractivity contribution in [1.82, 2.24) is 20.0 Å². The lowest BCUT2D eigenvalue weighted by atomic mass is 10.2. The van der Waals surface area contributed by atoms with Crippen LogP contribution in [0, 0.1) is 0 Å². The number of anilines is 2. The summed E-state index contributed by atoms with van der Waals surface area (Å²) in [6, 6.07) is 1.83. The molecule has 7 heteroatoms. The number of nitrogen functional groups attached to an aromatic ring is 1. The Morgan fingerprint density at radius 2 is 2.25 bits per heavy atom. The zero-order valence-corrected chi connectivity index (χ0v) is 12.0. The van der Waals surface area contributed by atoms with Crippen molar-refractivity contribution in [2.24, 2.45) is 7.05 Å². The third-order valence-electron chi connectivity index (χ3n) is 3.10. The molecule has 2 aromatic rings. The molecule has 0 atom stereocenters. The fraction of sp³-hybridized carbons (Fsp3) is 0.462. The van der Waals surface area contributed by atoms with E-state index in [1.54, 1.807) is 7.05 Å². The second-order valence-corrected chi connectivity index (χ2v) is 4.67. The van der Waals surface area contributed by atoms with Crippen LogP contribution in [0.2, 0.25) is 0 Å². The molecule has 0 radical (unpaired) electrons.